The molecule has 0 amide bonds. The second-order valence-electron chi connectivity index (χ2n) is 5.66. The van der Waals surface area contributed by atoms with E-state index in [1.54, 1.807) is 24.3 Å². The van der Waals surface area contributed by atoms with Crippen molar-refractivity contribution in [3.63, 3.8) is 0 Å². The Bertz CT molecular complexity index is 1130. The number of nitro groups is 1. The summed E-state index contributed by atoms with van der Waals surface area (Å²) in [5, 5.41) is 15.1. The Hall–Kier alpha value is -3.59. The molecule has 0 saturated heterocycles. The van der Waals surface area contributed by atoms with Crippen molar-refractivity contribution < 1.29 is 9.66 Å². The van der Waals surface area contributed by atoms with Gasteiger partial charge in [-0.3, -0.25) is 10.1 Å². The van der Waals surface area contributed by atoms with Gasteiger partial charge in [-0.05, 0) is 36.8 Å². The summed E-state index contributed by atoms with van der Waals surface area (Å²) >= 11 is 1.39. The number of para-hydroxylation sites is 1. The number of thiazole rings is 1. The third-order valence-electron chi connectivity index (χ3n) is 3.70. The van der Waals surface area contributed by atoms with Crippen molar-refractivity contribution >= 4 is 38.2 Å². The Labute approximate surface area is 157 Å². The van der Waals surface area contributed by atoms with Crippen molar-refractivity contribution in [2.24, 2.45) is 0 Å². The van der Waals surface area contributed by atoms with E-state index in [2.05, 4.69) is 20.3 Å². The van der Waals surface area contributed by atoms with E-state index in [-0.39, 0.29) is 17.4 Å². The zero-order valence-electron chi connectivity index (χ0n) is 14.1. The number of nitrogens with zero attached hydrogens (tertiary/aromatic N) is 4. The molecule has 27 heavy (non-hydrogen) atoms. The van der Waals surface area contributed by atoms with Crippen LogP contribution in [0.5, 0.6) is 11.6 Å². The van der Waals surface area contributed by atoms with Gasteiger partial charge >= 0.3 is 11.6 Å². The summed E-state index contributed by atoms with van der Waals surface area (Å²) < 4.78 is 6.56. The van der Waals surface area contributed by atoms with Crippen LogP contribution in [0.25, 0.3) is 10.2 Å². The molecule has 0 aliphatic heterocycles. The lowest BCUT2D eigenvalue weighted by molar-refractivity contribution is -0.385. The summed E-state index contributed by atoms with van der Waals surface area (Å²) in [6.45, 7) is 1.99. The Morgan fingerprint density at radius 1 is 1.15 bits per heavy atom. The highest BCUT2D eigenvalue weighted by molar-refractivity contribution is 7.22. The minimum Gasteiger partial charge on any atom is -0.434 e. The van der Waals surface area contributed by atoms with E-state index in [9.17, 15) is 10.1 Å². The molecule has 0 atom stereocenters. The fourth-order valence-electron chi connectivity index (χ4n) is 2.48. The molecular weight excluding hydrogens is 366 g/mol. The first kappa shape index (κ1) is 16.9. The number of hydrogen-bond donors (Lipinski definition) is 1. The standard InChI is InChI=1S/C18H13N5O3S/c1-11-7-8-13-14(9-11)27-18(21-13)22-16-15(23(24)25)17(20-10-19-16)26-12-5-3-2-4-6-12/h2-10H,1H3,(H,19,20,21,22). The summed E-state index contributed by atoms with van der Waals surface area (Å²) in [4.78, 5) is 23.4. The highest BCUT2D eigenvalue weighted by Gasteiger charge is 2.26. The smallest absolute Gasteiger partial charge is 0.373 e. The van der Waals surface area contributed by atoms with E-state index in [1.807, 2.05) is 31.2 Å². The zero-order valence-corrected chi connectivity index (χ0v) is 14.9. The molecule has 2 heterocycles. The summed E-state index contributed by atoms with van der Waals surface area (Å²) in [5.41, 5.74) is 1.58. The first-order chi connectivity index (χ1) is 13.1. The number of ether oxygens (including phenoxy) is 1. The van der Waals surface area contributed by atoms with Gasteiger partial charge in [0.15, 0.2) is 5.13 Å². The number of benzene rings is 2. The van der Waals surface area contributed by atoms with E-state index >= 15 is 0 Å². The lowest BCUT2D eigenvalue weighted by Gasteiger charge is -2.07. The SMILES string of the molecule is Cc1ccc2nc(Nc3ncnc(Oc4ccccc4)c3[N+](=O)[O-])sc2c1. The molecule has 134 valence electrons. The molecule has 0 aliphatic rings. The third-order valence-corrected chi connectivity index (χ3v) is 4.63. The maximum atomic E-state index is 11.6. The number of rotatable bonds is 5. The molecule has 0 saturated carbocycles. The van der Waals surface area contributed by atoms with Gasteiger partial charge in [-0.15, -0.1) is 0 Å². The van der Waals surface area contributed by atoms with Gasteiger partial charge in [0.2, 0.25) is 5.82 Å². The molecule has 9 heteroatoms. The predicted molar refractivity (Wildman–Crippen MR) is 103 cm³/mol. The van der Waals surface area contributed by atoms with Crippen LogP contribution in [0.15, 0.2) is 54.9 Å². The number of fused-ring (bicyclic) bond motifs is 1. The zero-order chi connectivity index (χ0) is 18.8. The predicted octanol–water partition coefficient (Wildman–Crippen LogP) is 4.84. The minimum atomic E-state index is -0.571. The third kappa shape index (κ3) is 3.53. The molecule has 2 aromatic carbocycles. The van der Waals surface area contributed by atoms with Gasteiger partial charge in [0, 0.05) is 0 Å². The molecule has 0 unspecified atom stereocenters. The Morgan fingerprint density at radius 2 is 1.96 bits per heavy atom. The molecule has 0 radical (unpaired) electrons. The molecule has 4 aromatic rings. The van der Waals surface area contributed by atoms with Gasteiger partial charge in [-0.25, -0.2) is 9.97 Å². The van der Waals surface area contributed by atoms with Crippen LogP contribution in [0.4, 0.5) is 16.6 Å². The first-order valence-corrected chi connectivity index (χ1v) is 8.78. The summed E-state index contributed by atoms with van der Waals surface area (Å²) in [5.74, 6) is 0.332. The first-order valence-electron chi connectivity index (χ1n) is 7.96. The van der Waals surface area contributed by atoms with Crippen LogP contribution < -0.4 is 10.1 Å². The number of aryl methyl sites for hydroxylation is 1. The number of aromatic nitrogens is 3. The number of anilines is 2. The summed E-state index contributed by atoms with van der Waals surface area (Å²) in [6, 6.07) is 14.6. The van der Waals surface area contributed by atoms with E-state index in [1.165, 1.54) is 17.7 Å². The molecule has 8 nitrogen and oxygen atoms in total. The average Bonchev–Trinajstić information content (AvgIpc) is 3.04. The highest BCUT2D eigenvalue weighted by atomic mass is 32.1. The van der Waals surface area contributed by atoms with Gasteiger partial charge < -0.3 is 10.1 Å². The van der Waals surface area contributed by atoms with E-state index in [0.29, 0.717) is 10.9 Å². The molecule has 0 bridgehead atoms. The van der Waals surface area contributed by atoms with Crippen LogP contribution in [0.1, 0.15) is 5.56 Å². The number of hydrogen-bond acceptors (Lipinski definition) is 8. The second kappa shape index (κ2) is 6.96. The van der Waals surface area contributed by atoms with Crippen molar-refractivity contribution in [1.29, 1.82) is 0 Å². The molecule has 0 aliphatic carbocycles. The Kier molecular flexibility index (Phi) is 4.35. The quantitative estimate of drug-likeness (QED) is 0.391. The van der Waals surface area contributed by atoms with Gasteiger partial charge in [0.25, 0.3) is 0 Å². The molecule has 2 aromatic heterocycles. The van der Waals surface area contributed by atoms with Crippen LogP contribution in [-0.2, 0) is 0 Å². The molecule has 0 fully saturated rings. The average molecular weight is 379 g/mol. The maximum absolute atomic E-state index is 11.6. The lowest BCUT2D eigenvalue weighted by atomic mass is 10.2. The monoisotopic (exact) mass is 379 g/mol. The highest BCUT2D eigenvalue weighted by Crippen LogP contribution is 2.37. The lowest BCUT2D eigenvalue weighted by Crippen LogP contribution is -2.03. The van der Waals surface area contributed by atoms with E-state index < -0.39 is 4.92 Å². The van der Waals surface area contributed by atoms with Crippen LogP contribution >= 0.6 is 11.3 Å². The maximum Gasteiger partial charge on any atom is 0.373 e. The summed E-state index contributed by atoms with van der Waals surface area (Å²) in [7, 11) is 0. The Morgan fingerprint density at radius 3 is 2.74 bits per heavy atom. The fourth-order valence-corrected chi connectivity index (χ4v) is 3.44. The van der Waals surface area contributed by atoms with Gasteiger partial charge in [0.05, 0.1) is 15.1 Å². The van der Waals surface area contributed by atoms with Crippen LogP contribution in [0, 0.1) is 17.0 Å². The van der Waals surface area contributed by atoms with Gasteiger partial charge in [0.1, 0.15) is 12.1 Å². The van der Waals surface area contributed by atoms with Crippen molar-refractivity contribution in [3.05, 3.63) is 70.5 Å². The van der Waals surface area contributed by atoms with Crippen molar-refractivity contribution in [3.8, 4) is 11.6 Å². The minimum absolute atomic E-state index is 0.0247. The van der Waals surface area contributed by atoms with E-state index in [4.69, 9.17) is 4.74 Å². The van der Waals surface area contributed by atoms with Crippen LogP contribution in [0.2, 0.25) is 0 Å². The van der Waals surface area contributed by atoms with Crippen LogP contribution in [-0.4, -0.2) is 19.9 Å². The van der Waals surface area contributed by atoms with Crippen molar-refractivity contribution in [2.45, 2.75) is 6.92 Å². The molecular formula is C18H13N5O3S. The summed E-state index contributed by atoms with van der Waals surface area (Å²) in [6.07, 6.45) is 1.21. The number of nitrogens with one attached hydrogen (secondary N) is 1. The topological polar surface area (TPSA) is 103 Å². The van der Waals surface area contributed by atoms with Gasteiger partial charge in [-0.2, -0.15) is 4.98 Å². The van der Waals surface area contributed by atoms with Crippen LogP contribution in [0.3, 0.4) is 0 Å². The Balaban J connectivity index is 1.71. The normalized spacial score (nSPS) is 10.7. The van der Waals surface area contributed by atoms with Gasteiger partial charge in [-0.1, -0.05) is 35.6 Å². The van der Waals surface area contributed by atoms with Crippen molar-refractivity contribution in [2.75, 3.05) is 5.32 Å². The second-order valence-corrected chi connectivity index (χ2v) is 6.69. The fraction of sp³-hybridized carbons (Fsp3) is 0.0556. The van der Waals surface area contributed by atoms with Crippen molar-refractivity contribution in [1.82, 2.24) is 15.0 Å². The molecule has 4 rings (SSSR count). The van der Waals surface area contributed by atoms with E-state index in [0.717, 1.165) is 15.8 Å². The largest absolute Gasteiger partial charge is 0.434 e. The molecule has 1 N–H and O–H groups in total. The molecule has 0 spiro atoms.